The Morgan fingerprint density at radius 1 is 1.38 bits per heavy atom. The minimum Gasteiger partial charge on any atom is -0.455 e. The monoisotopic (exact) mass is 333 g/mol. The lowest BCUT2D eigenvalue weighted by Crippen LogP contribution is -2.31. The number of halogens is 3. The van der Waals surface area contributed by atoms with Crippen LogP contribution < -0.4 is 5.32 Å². The van der Waals surface area contributed by atoms with Crippen LogP contribution in [0.5, 0.6) is 0 Å². The first-order valence-corrected chi connectivity index (χ1v) is 7.07. The topological polar surface area (TPSA) is 55.4 Å². The fourth-order valence-corrected chi connectivity index (χ4v) is 2.49. The Bertz CT molecular complexity index is 579. The van der Waals surface area contributed by atoms with Gasteiger partial charge >= 0.3 is 5.97 Å². The van der Waals surface area contributed by atoms with E-state index in [0.717, 1.165) is 0 Å². The van der Waals surface area contributed by atoms with Crippen LogP contribution in [0.4, 0.5) is 4.39 Å². The van der Waals surface area contributed by atoms with Gasteiger partial charge in [-0.05, 0) is 13.0 Å². The summed E-state index contributed by atoms with van der Waals surface area (Å²) < 4.78 is 17.1. The fraction of sp³-hybridized carbons (Fsp3) is 0.429. The molecule has 2 rings (SSSR count). The Morgan fingerprint density at radius 2 is 2.00 bits per heavy atom. The molecule has 1 aromatic carbocycles. The number of esters is 1. The number of hydrogen-bond acceptors (Lipinski definition) is 3. The van der Waals surface area contributed by atoms with E-state index in [9.17, 15) is 14.0 Å². The molecule has 1 saturated carbocycles. The SMILES string of the molecule is C[C@]1(C(=O)OCC(=O)NCc2ccccc2F)CC1(Cl)Cl. The fourth-order valence-electron chi connectivity index (χ4n) is 1.80. The van der Waals surface area contributed by atoms with Gasteiger partial charge in [0.2, 0.25) is 0 Å². The summed E-state index contributed by atoms with van der Waals surface area (Å²) in [4.78, 5) is 23.3. The number of amides is 1. The van der Waals surface area contributed by atoms with E-state index in [1.807, 2.05) is 0 Å². The maximum absolute atomic E-state index is 13.3. The number of benzene rings is 1. The van der Waals surface area contributed by atoms with Crippen LogP contribution in [0.3, 0.4) is 0 Å². The van der Waals surface area contributed by atoms with Crippen molar-refractivity contribution in [1.82, 2.24) is 5.32 Å². The largest absolute Gasteiger partial charge is 0.455 e. The summed E-state index contributed by atoms with van der Waals surface area (Å²) >= 11 is 11.7. The van der Waals surface area contributed by atoms with E-state index in [2.05, 4.69) is 5.32 Å². The van der Waals surface area contributed by atoms with Crippen molar-refractivity contribution in [2.45, 2.75) is 24.2 Å². The van der Waals surface area contributed by atoms with Crippen LogP contribution in [0.2, 0.25) is 0 Å². The summed E-state index contributed by atoms with van der Waals surface area (Å²) in [6, 6.07) is 6.08. The van der Waals surface area contributed by atoms with E-state index in [0.29, 0.717) is 12.0 Å². The lowest BCUT2D eigenvalue weighted by atomic mass is 10.1. The van der Waals surface area contributed by atoms with E-state index in [-0.39, 0.29) is 6.54 Å². The molecular formula is C14H14Cl2FNO3. The smallest absolute Gasteiger partial charge is 0.315 e. The molecule has 0 radical (unpaired) electrons. The van der Waals surface area contributed by atoms with Gasteiger partial charge in [0.15, 0.2) is 6.61 Å². The van der Waals surface area contributed by atoms with Gasteiger partial charge in [-0.1, -0.05) is 18.2 Å². The van der Waals surface area contributed by atoms with Gasteiger partial charge in [0.05, 0.1) is 0 Å². The predicted molar refractivity (Wildman–Crippen MR) is 76.4 cm³/mol. The number of hydrogen-bond donors (Lipinski definition) is 1. The standard InChI is InChI=1S/C14H14Cl2FNO3/c1-13(8-14(13,15)16)12(20)21-7-11(19)18-6-9-4-2-3-5-10(9)17/h2-5H,6-8H2,1H3,(H,18,19)/t13-/m1/s1. The maximum atomic E-state index is 13.3. The van der Waals surface area contributed by atoms with Crippen LogP contribution in [0.25, 0.3) is 0 Å². The third-order valence-electron chi connectivity index (χ3n) is 3.48. The van der Waals surface area contributed by atoms with Crippen molar-refractivity contribution in [1.29, 1.82) is 0 Å². The molecule has 1 atom stereocenters. The number of alkyl halides is 2. The maximum Gasteiger partial charge on any atom is 0.315 e. The summed E-state index contributed by atoms with van der Waals surface area (Å²) in [5.74, 6) is -1.55. The molecule has 1 fully saturated rings. The van der Waals surface area contributed by atoms with Crippen molar-refractivity contribution >= 4 is 35.1 Å². The molecular weight excluding hydrogens is 320 g/mol. The molecule has 0 unspecified atom stereocenters. The molecule has 0 saturated heterocycles. The highest BCUT2D eigenvalue weighted by atomic mass is 35.5. The second-order valence-corrected chi connectivity index (χ2v) is 6.64. The lowest BCUT2D eigenvalue weighted by Gasteiger charge is -2.12. The average molecular weight is 334 g/mol. The molecule has 1 aliphatic carbocycles. The number of ether oxygens (including phenoxy) is 1. The van der Waals surface area contributed by atoms with Crippen LogP contribution in [-0.2, 0) is 20.9 Å². The van der Waals surface area contributed by atoms with Crippen LogP contribution in [0, 0.1) is 11.2 Å². The van der Waals surface area contributed by atoms with Crippen LogP contribution >= 0.6 is 23.2 Å². The first-order valence-electron chi connectivity index (χ1n) is 6.31. The minimum atomic E-state index is -1.13. The molecule has 0 aliphatic heterocycles. The second kappa shape index (κ2) is 5.81. The molecule has 7 heteroatoms. The number of carbonyl (C=O) groups is 2. The number of nitrogens with one attached hydrogen (secondary N) is 1. The third-order valence-corrected chi connectivity index (χ3v) is 4.58. The molecule has 0 bridgehead atoms. The van der Waals surface area contributed by atoms with Crippen molar-refractivity contribution in [3.8, 4) is 0 Å². The van der Waals surface area contributed by atoms with E-state index in [4.69, 9.17) is 27.9 Å². The third kappa shape index (κ3) is 3.47. The van der Waals surface area contributed by atoms with E-state index < -0.39 is 34.0 Å². The highest BCUT2D eigenvalue weighted by Gasteiger charge is 2.69. The highest BCUT2D eigenvalue weighted by molar-refractivity contribution is 6.53. The summed E-state index contributed by atoms with van der Waals surface area (Å²) in [5, 5.41) is 2.47. The predicted octanol–water partition coefficient (Wildman–Crippen LogP) is 2.57. The van der Waals surface area contributed by atoms with Gasteiger partial charge < -0.3 is 10.1 Å². The molecule has 4 nitrogen and oxygen atoms in total. The summed E-state index contributed by atoms with van der Waals surface area (Å²) in [5.41, 5.74) is -0.617. The van der Waals surface area contributed by atoms with Gasteiger partial charge in [0.1, 0.15) is 15.6 Å². The Kier molecular flexibility index (Phi) is 4.44. The van der Waals surface area contributed by atoms with Crippen molar-refractivity contribution in [2.75, 3.05) is 6.61 Å². The summed E-state index contributed by atoms with van der Waals surface area (Å²) in [6.45, 7) is 1.15. The first-order chi connectivity index (χ1) is 9.76. The van der Waals surface area contributed by atoms with E-state index in [1.165, 1.54) is 6.07 Å². The summed E-state index contributed by atoms with van der Waals surface area (Å²) in [6.07, 6.45) is 0.290. The van der Waals surface area contributed by atoms with Crippen molar-refractivity contribution in [2.24, 2.45) is 5.41 Å². The molecule has 1 aliphatic rings. The quantitative estimate of drug-likeness (QED) is 0.665. The zero-order valence-corrected chi connectivity index (χ0v) is 12.8. The summed E-state index contributed by atoms with van der Waals surface area (Å²) in [7, 11) is 0. The highest BCUT2D eigenvalue weighted by Crippen LogP contribution is 2.64. The van der Waals surface area contributed by atoms with Gasteiger partial charge in [-0.2, -0.15) is 0 Å². The van der Waals surface area contributed by atoms with Crippen LogP contribution in [-0.4, -0.2) is 22.8 Å². The zero-order valence-electron chi connectivity index (χ0n) is 11.3. The molecule has 1 amide bonds. The lowest BCUT2D eigenvalue weighted by molar-refractivity contribution is -0.153. The molecule has 1 aromatic rings. The molecule has 1 N–H and O–H groups in total. The van der Waals surface area contributed by atoms with Crippen molar-refractivity contribution in [3.05, 3.63) is 35.6 Å². The van der Waals surface area contributed by atoms with Gasteiger partial charge in [-0.3, -0.25) is 9.59 Å². The van der Waals surface area contributed by atoms with Crippen molar-refractivity contribution < 1.29 is 18.7 Å². The Balaban J connectivity index is 1.76. The molecule has 0 spiro atoms. The second-order valence-electron chi connectivity index (χ2n) is 5.16. The van der Waals surface area contributed by atoms with Gasteiger partial charge in [-0.25, -0.2) is 4.39 Å². The van der Waals surface area contributed by atoms with E-state index in [1.54, 1.807) is 25.1 Å². The van der Waals surface area contributed by atoms with Gasteiger partial charge in [-0.15, -0.1) is 23.2 Å². The van der Waals surface area contributed by atoms with Crippen molar-refractivity contribution in [3.63, 3.8) is 0 Å². The number of carbonyl (C=O) groups excluding carboxylic acids is 2. The Labute approximate surface area is 131 Å². The zero-order chi connectivity index (χ0) is 15.7. The Morgan fingerprint density at radius 3 is 2.57 bits per heavy atom. The first kappa shape index (κ1) is 16.0. The molecule has 21 heavy (non-hydrogen) atoms. The molecule has 0 heterocycles. The molecule has 114 valence electrons. The van der Waals surface area contributed by atoms with Crippen LogP contribution in [0.15, 0.2) is 24.3 Å². The Hall–Kier alpha value is -1.33. The normalized spacial score (nSPS) is 22.5. The number of rotatable bonds is 5. The minimum absolute atomic E-state index is 0.0231. The van der Waals surface area contributed by atoms with Crippen LogP contribution in [0.1, 0.15) is 18.9 Å². The van der Waals surface area contributed by atoms with E-state index >= 15 is 0 Å². The average Bonchev–Trinajstić information content (AvgIpc) is 2.95. The van der Waals surface area contributed by atoms with Gasteiger partial charge in [0, 0.05) is 18.5 Å². The molecule has 0 aromatic heterocycles. The van der Waals surface area contributed by atoms with Gasteiger partial charge in [0.25, 0.3) is 5.91 Å².